The van der Waals surface area contributed by atoms with Gasteiger partial charge in [-0.2, -0.15) is 10.3 Å². The SMILES string of the molecule is Cc1c(C(C)(C)C)s/c(=N\C(=O)c2ccc(C#N)cc2)n1CC1CC1. The van der Waals surface area contributed by atoms with Crippen LogP contribution < -0.4 is 4.80 Å². The molecule has 1 aliphatic rings. The normalized spacial score (nSPS) is 15.2. The van der Waals surface area contributed by atoms with Crippen molar-refractivity contribution in [3.8, 4) is 6.07 Å². The molecule has 1 aromatic heterocycles. The quantitative estimate of drug-likeness (QED) is 0.831. The van der Waals surface area contributed by atoms with Crippen molar-refractivity contribution in [1.29, 1.82) is 5.26 Å². The van der Waals surface area contributed by atoms with Gasteiger partial charge in [-0.05, 0) is 55.4 Å². The predicted molar refractivity (Wildman–Crippen MR) is 99.5 cm³/mol. The number of thiazole rings is 1. The number of nitriles is 1. The first kappa shape index (κ1) is 17.6. The second-order valence-electron chi connectivity index (χ2n) is 7.71. The first-order chi connectivity index (χ1) is 11.8. The van der Waals surface area contributed by atoms with Gasteiger partial charge in [-0.25, -0.2) is 0 Å². The highest BCUT2D eigenvalue weighted by Crippen LogP contribution is 2.33. The molecule has 2 aromatic rings. The van der Waals surface area contributed by atoms with Crippen molar-refractivity contribution in [1.82, 2.24) is 4.57 Å². The Kier molecular flexibility index (Phi) is 4.66. The lowest BCUT2D eigenvalue weighted by Crippen LogP contribution is -2.19. The first-order valence-electron chi connectivity index (χ1n) is 8.59. The van der Waals surface area contributed by atoms with Gasteiger partial charge in [0.2, 0.25) is 0 Å². The molecule has 1 aliphatic carbocycles. The Hall–Kier alpha value is -2.19. The number of benzene rings is 1. The average Bonchev–Trinajstić information content (AvgIpc) is 3.33. The summed E-state index contributed by atoms with van der Waals surface area (Å²) in [6.45, 7) is 9.65. The Morgan fingerprint density at radius 3 is 2.48 bits per heavy atom. The number of hydrogen-bond acceptors (Lipinski definition) is 3. The lowest BCUT2D eigenvalue weighted by atomic mass is 9.93. The Morgan fingerprint density at radius 2 is 1.96 bits per heavy atom. The third-order valence-corrected chi connectivity index (χ3v) is 6.04. The van der Waals surface area contributed by atoms with Crippen LogP contribution in [0.2, 0.25) is 0 Å². The number of carbonyl (C=O) groups excluding carboxylic acids is 1. The summed E-state index contributed by atoms with van der Waals surface area (Å²) in [4.78, 5) is 19.1. The Balaban J connectivity index is 2.02. The van der Waals surface area contributed by atoms with Crippen molar-refractivity contribution in [2.24, 2.45) is 10.9 Å². The molecule has 25 heavy (non-hydrogen) atoms. The Morgan fingerprint density at radius 1 is 1.32 bits per heavy atom. The van der Waals surface area contributed by atoms with Crippen LogP contribution >= 0.6 is 11.3 Å². The predicted octanol–water partition coefficient (Wildman–Crippen LogP) is 4.18. The summed E-state index contributed by atoms with van der Waals surface area (Å²) in [6, 6.07) is 8.71. The van der Waals surface area contributed by atoms with E-state index in [9.17, 15) is 4.79 Å². The van der Waals surface area contributed by atoms with Crippen LogP contribution in [0.3, 0.4) is 0 Å². The highest BCUT2D eigenvalue weighted by molar-refractivity contribution is 7.09. The highest BCUT2D eigenvalue weighted by Gasteiger charge is 2.27. The number of rotatable bonds is 3. The van der Waals surface area contributed by atoms with Crippen LogP contribution in [0.15, 0.2) is 29.3 Å². The van der Waals surface area contributed by atoms with E-state index in [0.717, 1.165) is 11.3 Å². The van der Waals surface area contributed by atoms with E-state index < -0.39 is 0 Å². The fourth-order valence-electron chi connectivity index (χ4n) is 2.88. The maximum atomic E-state index is 12.6. The van der Waals surface area contributed by atoms with Crippen molar-refractivity contribution in [3.05, 3.63) is 50.8 Å². The summed E-state index contributed by atoms with van der Waals surface area (Å²) in [5.41, 5.74) is 2.31. The molecule has 0 saturated heterocycles. The fourth-order valence-corrected chi connectivity index (χ4v) is 4.07. The molecule has 0 unspecified atom stereocenters. The molecule has 1 fully saturated rings. The van der Waals surface area contributed by atoms with Gasteiger partial charge in [-0.1, -0.05) is 20.8 Å². The van der Waals surface area contributed by atoms with Crippen LogP contribution in [0.5, 0.6) is 0 Å². The van der Waals surface area contributed by atoms with Gasteiger partial charge in [0, 0.05) is 22.7 Å². The second-order valence-corrected chi connectivity index (χ2v) is 8.69. The zero-order valence-electron chi connectivity index (χ0n) is 15.2. The standard InChI is InChI=1S/C20H23N3OS/c1-13-17(20(2,3)4)25-19(23(13)12-15-5-6-15)22-18(24)16-9-7-14(11-21)8-10-16/h7-10,15H,5-6,12H2,1-4H3/b22-19-. The molecule has 1 aromatic carbocycles. The number of amides is 1. The highest BCUT2D eigenvalue weighted by atomic mass is 32.1. The van der Waals surface area contributed by atoms with E-state index in [1.54, 1.807) is 35.6 Å². The van der Waals surface area contributed by atoms with Crippen LogP contribution in [0, 0.1) is 24.2 Å². The van der Waals surface area contributed by atoms with E-state index in [1.165, 1.54) is 23.4 Å². The molecule has 0 radical (unpaired) electrons. The van der Waals surface area contributed by atoms with Gasteiger partial charge in [0.15, 0.2) is 4.80 Å². The van der Waals surface area contributed by atoms with E-state index in [1.807, 2.05) is 0 Å². The van der Waals surface area contributed by atoms with E-state index >= 15 is 0 Å². The van der Waals surface area contributed by atoms with E-state index in [0.29, 0.717) is 17.0 Å². The maximum Gasteiger partial charge on any atom is 0.279 e. The largest absolute Gasteiger partial charge is 0.320 e. The van der Waals surface area contributed by atoms with Crippen LogP contribution in [0.25, 0.3) is 0 Å². The molecule has 1 amide bonds. The van der Waals surface area contributed by atoms with Crippen molar-refractivity contribution in [2.45, 2.75) is 52.5 Å². The molecule has 1 saturated carbocycles. The molecule has 3 rings (SSSR count). The summed E-state index contributed by atoms with van der Waals surface area (Å²) < 4.78 is 2.21. The third kappa shape index (κ3) is 3.91. The van der Waals surface area contributed by atoms with Gasteiger partial charge in [0.05, 0.1) is 11.6 Å². The third-order valence-electron chi connectivity index (χ3n) is 4.43. The van der Waals surface area contributed by atoms with Gasteiger partial charge in [0.25, 0.3) is 5.91 Å². The van der Waals surface area contributed by atoms with E-state index in [4.69, 9.17) is 5.26 Å². The molecule has 1 heterocycles. The molecular formula is C20H23N3OS. The number of nitrogens with zero attached hydrogens (tertiary/aromatic N) is 3. The van der Waals surface area contributed by atoms with Crippen molar-refractivity contribution in [2.75, 3.05) is 0 Å². The summed E-state index contributed by atoms with van der Waals surface area (Å²) in [5.74, 6) is 0.459. The summed E-state index contributed by atoms with van der Waals surface area (Å²) >= 11 is 1.62. The van der Waals surface area contributed by atoms with Crippen LogP contribution in [0.4, 0.5) is 0 Å². The zero-order chi connectivity index (χ0) is 18.2. The molecule has 4 nitrogen and oxygen atoms in total. The molecule has 0 spiro atoms. The molecular weight excluding hydrogens is 330 g/mol. The minimum atomic E-state index is -0.254. The molecule has 0 N–H and O–H groups in total. The van der Waals surface area contributed by atoms with Crippen molar-refractivity contribution >= 4 is 17.2 Å². The van der Waals surface area contributed by atoms with Crippen LogP contribution in [-0.4, -0.2) is 10.5 Å². The molecule has 0 atom stereocenters. The minimum Gasteiger partial charge on any atom is -0.320 e. The molecule has 0 aliphatic heterocycles. The monoisotopic (exact) mass is 353 g/mol. The number of hydrogen-bond donors (Lipinski definition) is 0. The van der Waals surface area contributed by atoms with E-state index in [2.05, 4.69) is 43.3 Å². The number of carbonyl (C=O) groups is 1. The average molecular weight is 353 g/mol. The van der Waals surface area contributed by atoms with Crippen molar-refractivity contribution < 1.29 is 4.79 Å². The molecule has 0 bridgehead atoms. The maximum absolute atomic E-state index is 12.6. The second kappa shape index (κ2) is 6.61. The Labute approximate surface area is 152 Å². The number of aromatic nitrogens is 1. The minimum absolute atomic E-state index is 0.0330. The van der Waals surface area contributed by atoms with Gasteiger partial charge in [-0.15, -0.1) is 11.3 Å². The first-order valence-corrected chi connectivity index (χ1v) is 9.41. The smallest absolute Gasteiger partial charge is 0.279 e. The lowest BCUT2D eigenvalue weighted by molar-refractivity contribution is 0.0997. The summed E-state index contributed by atoms with van der Waals surface area (Å²) in [6.07, 6.45) is 2.52. The van der Waals surface area contributed by atoms with Gasteiger partial charge in [-0.3, -0.25) is 4.79 Å². The summed E-state index contributed by atoms with van der Waals surface area (Å²) in [5, 5.41) is 8.88. The van der Waals surface area contributed by atoms with Gasteiger partial charge >= 0.3 is 0 Å². The topological polar surface area (TPSA) is 58.1 Å². The van der Waals surface area contributed by atoms with E-state index in [-0.39, 0.29) is 11.3 Å². The Bertz CT molecular complexity index is 900. The van der Waals surface area contributed by atoms with Gasteiger partial charge in [0.1, 0.15) is 0 Å². The van der Waals surface area contributed by atoms with Gasteiger partial charge < -0.3 is 4.57 Å². The fraction of sp³-hybridized carbons (Fsp3) is 0.450. The zero-order valence-corrected chi connectivity index (χ0v) is 16.0. The lowest BCUT2D eigenvalue weighted by Gasteiger charge is -2.17. The van der Waals surface area contributed by atoms with Crippen LogP contribution in [0.1, 0.15) is 60.1 Å². The molecule has 5 heteroatoms. The van der Waals surface area contributed by atoms with Crippen LogP contribution in [-0.2, 0) is 12.0 Å². The summed E-state index contributed by atoms with van der Waals surface area (Å²) in [7, 11) is 0. The van der Waals surface area contributed by atoms with Crippen molar-refractivity contribution in [3.63, 3.8) is 0 Å². The molecule has 130 valence electrons.